The normalized spacial score (nSPS) is 18.4. The minimum absolute atomic E-state index is 0.0432. The van der Waals surface area contributed by atoms with Crippen molar-refractivity contribution in [1.29, 1.82) is 0 Å². The lowest BCUT2D eigenvalue weighted by Crippen LogP contribution is -2.49. The fraction of sp³-hybridized carbons (Fsp3) is 0.538. The van der Waals surface area contributed by atoms with Crippen molar-refractivity contribution in [3.8, 4) is 0 Å². The Hall–Kier alpha value is -2.56. The highest BCUT2D eigenvalue weighted by Gasteiger charge is 2.39. The number of carbonyl (C=O) groups excluding carboxylic acids is 2. The minimum Gasteiger partial charge on any atom is -0.459 e. The van der Waals surface area contributed by atoms with Crippen LogP contribution in [0.2, 0.25) is 0 Å². The highest BCUT2D eigenvalue weighted by Crippen LogP contribution is 2.34. The fourth-order valence-electron chi connectivity index (χ4n) is 5.06. The highest BCUT2D eigenvalue weighted by molar-refractivity contribution is 5.96. The zero-order valence-electron chi connectivity index (χ0n) is 18.7. The average Bonchev–Trinajstić information content (AvgIpc) is 3.55. The van der Waals surface area contributed by atoms with Crippen LogP contribution in [0.15, 0.2) is 47.1 Å². The summed E-state index contributed by atoms with van der Waals surface area (Å²) in [5, 5.41) is 3.26. The van der Waals surface area contributed by atoms with Gasteiger partial charge in [0.25, 0.3) is 5.91 Å². The van der Waals surface area contributed by atoms with E-state index in [1.165, 1.54) is 11.8 Å². The van der Waals surface area contributed by atoms with Crippen LogP contribution < -0.4 is 5.32 Å². The van der Waals surface area contributed by atoms with Gasteiger partial charge in [0, 0.05) is 12.1 Å². The molecule has 2 amide bonds. The number of nitrogens with zero attached hydrogens (tertiary/aromatic N) is 1. The van der Waals surface area contributed by atoms with E-state index in [4.69, 9.17) is 4.42 Å². The van der Waals surface area contributed by atoms with Crippen molar-refractivity contribution in [3.05, 3.63) is 59.5 Å². The highest BCUT2D eigenvalue weighted by atomic mass is 16.3. The van der Waals surface area contributed by atoms with Crippen LogP contribution in [0, 0.1) is 0 Å². The summed E-state index contributed by atoms with van der Waals surface area (Å²) in [5.41, 5.74) is 2.09. The van der Waals surface area contributed by atoms with Gasteiger partial charge in [0.05, 0.1) is 6.26 Å². The predicted octanol–water partition coefficient (Wildman–Crippen LogP) is 5.59. The lowest BCUT2D eigenvalue weighted by molar-refractivity contribution is -0.127. The molecule has 1 aromatic heterocycles. The molecule has 2 aromatic rings. The zero-order valence-corrected chi connectivity index (χ0v) is 18.7. The third-order valence-electron chi connectivity index (χ3n) is 6.83. The smallest absolute Gasteiger partial charge is 0.290 e. The number of hydrogen-bond acceptors (Lipinski definition) is 3. The number of amides is 2. The van der Waals surface area contributed by atoms with E-state index in [2.05, 4.69) is 31.3 Å². The largest absolute Gasteiger partial charge is 0.459 e. The number of rotatable bonds is 7. The minimum atomic E-state index is -0.650. The Kier molecular flexibility index (Phi) is 6.79. The van der Waals surface area contributed by atoms with Crippen LogP contribution in [0.1, 0.15) is 98.9 Å². The van der Waals surface area contributed by atoms with Gasteiger partial charge in [-0.3, -0.25) is 9.59 Å². The van der Waals surface area contributed by atoms with Gasteiger partial charge in [-0.15, -0.1) is 0 Å². The van der Waals surface area contributed by atoms with Gasteiger partial charge in [0.2, 0.25) is 5.91 Å². The van der Waals surface area contributed by atoms with Crippen LogP contribution >= 0.6 is 0 Å². The van der Waals surface area contributed by atoms with Gasteiger partial charge in [0.1, 0.15) is 6.04 Å². The van der Waals surface area contributed by atoms with E-state index >= 15 is 0 Å². The van der Waals surface area contributed by atoms with Crippen LogP contribution in [0.25, 0.3) is 0 Å². The lowest BCUT2D eigenvalue weighted by atomic mass is 9.96. The molecule has 1 atom stereocenters. The van der Waals surface area contributed by atoms with Crippen molar-refractivity contribution < 1.29 is 14.0 Å². The second-order valence-corrected chi connectivity index (χ2v) is 9.34. The second kappa shape index (κ2) is 9.71. The van der Waals surface area contributed by atoms with Crippen molar-refractivity contribution in [2.75, 3.05) is 0 Å². The molecule has 2 saturated carbocycles. The third-order valence-corrected chi connectivity index (χ3v) is 6.83. The SMILES string of the molecule is CC(C)c1ccc([C@@H](C(=O)NC2CCCC2)N(C(=O)c2ccco2)C2CCCC2)cc1. The number of hydrogen-bond donors (Lipinski definition) is 1. The Morgan fingerprint density at radius 3 is 2.13 bits per heavy atom. The molecule has 0 aliphatic heterocycles. The molecule has 0 bridgehead atoms. The standard InChI is InChI=1S/C26H34N2O3/c1-18(2)19-13-15-20(16-14-19)24(25(29)27-21-8-3-4-9-21)28(22-10-5-6-11-22)26(30)23-12-7-17-31-23/h7,12-18,21-22,24H,3-6,8-11H2,1-2H3,(H,27,29)/t24-/m0/s1. The number of carbonyl (C=O) groups is 2. The van der Waals surface area contributed by atoms with Crippen LogP contribution in [0.5, 0.6) is 0 Å². The topological polar surface area (TPSA) is 62.6 Å². The molecule has 0 unspecified atom stereocenters. The molecule has 31 heavy (non-hydrogen) atoms. The summed E-state index contributed by atoms with van der Waals surface area (Å²) in [5.74, 6) is 0.437. The van der Waals surface area contributed by atoms with E-state index in [1.807, 2.05) is 12.1 Å². The lowest BCUT2D eigenvalue weighted by Gasteiger charge is -2.36. The summed E-state index contributed by atoms with van der Waals surface area (Å²) in [6.07, 6.45) is 9.84. The quantitative estimate of drug-likeness (QED) is 0.633. The van der Waals surface area contributed by atoms with Gasteiger partial charge < -0.3 is 14.6 Å². The maximum absolute atomic E-state index is 13.7. The number of furan rings is 1. The number of benzene rings is 1. The van der Waals surface area contributed by atoms with Crippen molar-refractivity contribution in [3.63, 3.8) is 0 Å². The third kappa shape index (κ3) is 4.86. The number of nitrogens with one attached hydrogen (secondary N) is 1. The van der Waals surface area contributed by atoms with Crippen molar-refractivity contribution in [2.45, 2.75) is 89.3 Å². The molecule has 4 rings (SSSR count). The molecular weight excluding hydrogens is 388 g/mol. The molecule has 5 nitrogen and oxygen atoms in total. The molecule has 0 spiro atoms. The van der Waals surface area contributed by atoms with E-state index in [9.17, 15) is 9.59 Å². The molecule has 2 fully saturated rings. The molecule has 0 radical (unpaired) electrons. The van der Waals surface area contributed by atoms with Crippen molar-refractivity contribution in [1.82, 2.24) is 10.2 Å². The summed E-state index contributed by atoms with van der Waals surface area (Å²) < 4.78 is 5.46. The molecule has 2 aliphatic carbocycles. The van der Waals surface area contributed by atoms with Gasteiger partial charge in [-0.1, -0.05) is 63.8 Å². The molecule has 1 aromatic carbocycles. The Labute approximate surface area is 185 Å². The monoisotopic (exact) mass is 422 g/mol. The maximum atomic E-state index is 13.7. The molecule has 1 heterocycles. The first-order chi connectivity index (χ1) is 15.0. The van der Waals surface area contributed by atoms with Gasteiger partial charge >= 0.3 is 0 Å². The molecule has 166 valence electrons. The Morgan fingerprint density at radius 1 is 0.935 bits per heavy atom. The summed E-state index contributed by atoms with van der Waals surface area (Å²) in [7, 11) is 0. The Balaban J connectivity index is 1.71. The maximum Gasteiger partial charge on any atom is 0.290 e. The Morgan fingerprint density at radius 2 is 1.55 bits per heavy atom. The first-order valence-electron chi connectivity index (χ1n) is 11.8. The summed E-state index contributed by atoms with van der Waals surface area (Å²) in [6.45, 7) is 4.31. The van der Waals surface area contributed by atoms with Gasteiger partial charge in [-0.25, -0.2) is 0 Å². The molecule has 2 aliphatic rings. The second-order valence-electron chi connectivity index (χ2n) is 9.34. The van der Waals surface area contributed by atoms with E-state index in [1.54, 1.807) is 17.0 Å². The van der Waals surface area contributed by atoms with Crippen molar-refractivity contribution in [2.24, 2.45) is 0 Å². The summed E-state index contributed by atoms with van der Waals surface area (Å²) in [6, 6.07) is 11.2. The van der Waals surface area contributed by atoms with E-state index < -0.39 is 6.04 Å². The van der Waals surface area contributed by atoms with Gasteiger partial charge in [-0.05, 0) is 54.9 Å². The Bertz CT molecular complexity index is 861. The summed E-state index contributed by atoms with van der Waals surface area (Å²) >= 11 is 0. The molecular formula is C26H34N2O3. The summed E-state index contributed by atoms with van der Waals surface area (Å²) in [4.78, 5) is 29.0. The molecule has 1 N–H and O–H groups in total. The van der Waals surface area contributed by atoms with Crippen LogP contribution in [-0.2, 0) is 4.79 Å². The van der Waals surface area contributed by atoms with E-state index in [0.717, 1.165) is 56.9 Å². The van der Waals surface area contributed by atoms with Crippen LogP contribution in [-0.4, -0.2) is 28.8 Å². The van der Waals surface area contributed by atoms with E-state index in [0.29, 0.717) is 11.7 Å². The average molecular weight is 423 g/mol. The van der Waals surface area contributed by atoms with Gasteiger partial charge in [-0.2, -0.15) is 0 Å². The predicted molar refractivity (Wildman–Crippen MR) is 121 cm³/mol. The van der Waals surface area contributed by atoms with Crippen LogP contribution in [0.4, 0.5) is 0 Å². The molecule has 5 heteroatoms. The van der Waals surface area contributed by atoms with E-state index in [-0.39, 0.29) is 23.9 Å². The molecule has 0 saturated heterocycles. The first-order valence-corrected chi connectivity index (χ1v) is 11.8. The van der Waals surface area contributed by atoms with Gasteiger partial charge in [0.15, 0.2) is 5.76 Å². The first kappa shape index (κ1) is 21.7. The van der Waals surface area contributed by atoms with Crippen LogP contribution in [0.3, 0.4) is 0 Å². The van der Waals surface area contributed by atoms with Crippen molar-refractivity contribution >= 4 is 11.8 Å². The zero-order chi connectivity index (χ0) is 21.8. The fourth-order valence-corrected chi connectivity index (χ4v) is 5.06.